The summed E-state index contributed by atoms with van der Waals surface area (Å²) in [6.07, 6.45) is 6.35. The van der Waals surface area contributed by atoms with Crippen molar-refractivity contribution >= 4 is 28.3 Å². The number of aromatic nitrogens is 3. The zero-order valence-electron chi connectivity index (χ0n) is 22.5. The number of hydrogen-bond donors (Lipinski definition) is 0. The molecule has 0 bridgehead atoms. The largest absolute Gasteiger partial charge is 0.497 e. The number of fused-ring (bicyclic) bond motifs is 1. The van der Waals surface area contributed by atoms with Gasteiger partial charge in [0.2, 0.25) is 0 Å². The van der Waals surface area contributed by atoms with Crippen LogP contribution in [0, 0.1) is 0 Å². The maximum Gasteiger partial charge on any atom is 0.147 e. The summed E-state index contributed by atoms with van der Waals surface area (Å²) in [5.74, 6) is 1.85. The molecular formula is C33H31N5O2. The molecule has 0 unspecified atom stereocenters. The van der Waals surface area contributed by atoms with E-state index in [2.05, 4.69) is 56.2 Å². The Morgan fingerprint density at radius 3 is 2.27 bits per heavy atom. The fourth-order valence-electron chi connectivity index (χ4n) is 5.20. The summed E-state index contributed by atoms with van der Waals surface area (Å²) in [7, 11) is 1.64. The minimum Gasteiger partial charge on any atom is -0.497 e. The number of pyridine rings is 1. The molecule has 1 saturated heterocycles. The molecule has 0 radical (unpaired) electrons. The summed E-state index contributed by atoms with van der Waals surface area (Å²) in [6.45, 7) is 3.64. The molecule has 0 spiro atoms. The Labute approximate surface area is 234 Å². The molecule has 2 aromatic heterocycles. The molecule has 1 aliphatic rings. The van der Waals surface area contributed by atoms with Crippen molar-refractivity contribution in [3.8, 4) is 16.9 Å². The van der Waals surface area contributed by atoms with E-state index in [1.807, 2.05) is 61.1 Å². The van der Waals surface area contributed by atoms with E-state index in [-0.39, 0.29) is 5.78 Å². The molecule has 3 heterocycles. The average Bonchev–Trinajstić information content (AvgIpc) is 3.01. The monoisotopic (exact) mass is 529 g/mol. The number of benzene rings is 3. The molecule has 6 rings (SSSR count). The van der Waals surface area contributed by atoms with Crippen LogP contribution in [0.3, 0.4) is 0 Å². The minimum absolute atomic E-state index is 0.177. The molecule has 0 amide bonds. The summed E-state index contributed by atoms with van der Waals surface area (Å²) in [4.78, 5) is 31.1. The quantitative estimate of drug-likeness (QED) is 0.267. The number of hydrogen-bond acceptors (Lipinski definition) is 7. The van der Waals surface area contributed by atoms with Gasteiger partial charge >= 0.3 is 0 Å². The molecule has 1 aliphatic heterocycles. The first-order valence-electron chi connectivity index (χ1n) is 13.6. The molecule has 0 N–H and O–H groups in total. The molecule has 0 saturated carbocycles. The summed E-state index contributed by atoms with van der Waals surface area (Å²) in [5.41, 5.74) is 7.10. The van der Waals surface area contributed by atoms with E-state index in [0.717, 1.165) is 71.0 Å². The Balaban J connectivity index is 1.12. The lowest BCUT2D eigenvalue weighted by Crippen LogP contribution is -2.46. The highest BCUT2D eigenvalue weighted by molar-refractivity contribution is 5.84. The van der Waals surface area contributed by atoms with E-state index in [4.69, 9.17) is 9.72 Å². The normalized spacial score (nSPS) is 13.4. The van der Waals surface area contributed by atoms with E-state index in [1.54, 1.807) is 7.11 Å². The number of Topliss-reactive ketones (excluding diaryl/α,β-unsaturated/α-hetero) is 1. The number of piperazine rings is 1. The molecule has 1 fully saturated rings. The maximum atomic E-state index is 12.7. The van der Waals surface area contributed by atoms with E-state index >= 15 is 0 Å². The van der Waals surface area contributed by atoms with Gasteiger partial charge in [-0.2, -0.15) is 0 Å². The van der Waals surface area contributed by atoms with Gasteiger partial charge in [0.25, 0.3) is 0 Å². The molecule has 0 aliphatic carbocycles. The van der Waals surface area contributed by atoms with Crippen LogP contribution < -0.4 is 14.5 Å². The Kier molecular flexibility index (Phi) is 7.35. The minimum atomic E-state index is 0.177. The Morgan fingerprint density at radius 1 is 0.775 bits per heavy atom. The maximum absolute atomic E-state index is 12.7. The molecule has 40 heavy (non-hydrogen) atoms. The van der Waals surface area contributed by atoms with Crippen LogP contribution in [0.5, 0.6) is 5.75 Å². The first-order valence-corrected chi connectivity index (χ1v) is 13.6. The van der Waals surface area contributed by atoms with E-state index in [9.17, 15) is 4.79 Å². The second-order valence-electron chi connectivity index (χ2n) is 10.1. The van der Waals surface area contributed by atoms with Crippen LogP contribution in [0.15, 0.2) is 97.5 Å². The summed E-state index contributed by atoms with van der Waals surface area (Å²) in [6, 6.07) is 26.2. The van der Waals surface area contributed by atoms with Crippen molar-refractivity contribution in [1.29, 1.82) is 0 Å². The molecule has 0 atom stereocenters. The number of ether oxygens (including phenoxy) is 1. The second kappa shape index (κ2) is 11.5. The van der Waals surface area contributed by atoms with Gasteiger partial charge in [-0.3, -0.25) is 14.8 Å². The van der Waals surface area contributed by atoms with Crippen molar-refractivity contribution in [3.63, 3.8) is 0 Å². The summed E-state index contributed by atoms with van der Waals surface area (Å²) < 4.78 is 5.27. The third kappa shape index (κ3) is 5.78. The number of nitrogens with zero attached hydrogens (tertiary/aromatic N) is 5. The van der Waals surface area contributed by atoms with E-state index < -0.39 is 0 Å². The van der Waals surface area contributed by atoms with Crippen LogP contribution >= 0.6 is 0 Å². The number of carbonyl (C=O) groups excluding carboxylic acids is 1. The van der Waals surface area contributed by atoms with E-state index in [0.29, 0.717) is 12.8 Å². The van der Waals surface area contributed by atoms with Gasteiger partial charge in [0.1, 0.15) is 17.4 Å². The van der Waals surface area contributed by atoms with Crippen molar-refractivity contribution in [2.75, 3.05) is 43.1 Å². The van der Waals surface area contributed by atoms with Crippen molar-refractivity contribution in [2.24, 2.45) is 0 Å². The molecule has 3 aromatic carbocycles. The predicted octanol–water partition coefficient (Wildman–Crippen LogP) is 5.38. The fourth-order valence-corrected chi connectivity index (χ4v) is 5.20. The molecular weight excluding hydrogens is 498 g/mol. The average molecular weight is 530 g/mol. The topological polar surface area (TPSA) is 71.5 Å². The number of rotatable bonds is 8. The van der Waals surface area contributed by atoms with Gasteiger partial charge in [0.05, 0.1) is 24.3 Å². The SMILES string of the molecule is COc1cccc(CC(=O)Cc2ccc(-c3ccc4ncc(N5CCN(c6ccncc6)CC5)nc4c3)cc2)c1. The van der Waals surface area contributed by atoms with Gasteiger partial charge in [0, 0.05) is 57.1 Å². The smallest absolute Gasteiger partial charge is 0.147 e. The third-order valence-corrected chi connectivity index (χ3v) is 7.39. The van der Waals surface area contributed by atoms with Gasteiger partial charge in [-0.1, -0.05) is 42.5 Å². The zero-order chi connectivity index (χ0) is 27.3. The Hall–Kier alpha value is -4.78. The van der Waals surface area contributed by atoms with Crippen LogP contribution in [0.25, 0.3) is 22.2 Å². The zero-order valence-corrected chi connectivity index (χ0v) is 22.5. The highest BCUT2D eigenvalue weighted by Gasteiger charge is 2.19. The van der Waals surface area contributed by atoms with Crippen molar-refractivity contribution < 1.29 is 9.53 Å². The van der Waals surface area contributed by atoms with Crippen LogP contribution in [0.4, 0.5) is 11.5 Å². The van der Waals surface area contributed by atoms with Gasteiger partial charge in [0.15, 0.2) is 0 Å². The summed E-state index contributed by atoms with van der Waals surface area (Å²) >= 11 is 0. The lowest BCUT2D eigenvalue weighted by molar-refractivity contribution is -0.117. The Morgan fingerprint density at radius 2 is 1.50 bits per heavy atom. The molecule has 200 valence electrons. The van der Waals surface area contributed by atoms with E-state index in [1.165, 1.54) is 5.69 Å². The standard InChI is InChI=1S/C33H31N5O2/c1-40-30-4-2-3-25(21-30)20-29(39)19-24-5-7-26(8-6-24)27-9-10-31-32(22-27)36-33(23-35-31)38-17-15-37(16-18-38)28-11-13-34-14-12-28/h2-14,21-23H,15-20H2,1H3. The number of methoxy groups -OCH3 is 1. The highest BCUT2D eigenvalue weighted by atomic mass is 16.5. The van der Waals surface area contributed by atoms with Crippen LogP contribution in [-0.4, -0.2) is 54.0 Å². The van der Waals surface area contributed by atoms with Crippen molar-refractivity contribution in [3.05, 3.63) is 109 Å². The lowest BCUT2D eigenvalue weighted by atomic mass is 9.99. The lowest BCUT2D eigenvalue weighted by Gasteiger charge is -2.36. The van der Waals surface area contributed by atoms with Crippen molar-refractivity contribution in [1.82, 2.24) is 15.0 Å². The number of anilines is 2. The molecule has 5 aromatic rings. The van der Waals surface area contributed by atoms with Crippen LogP contribution in [-0.2, 0) is 17.6 Å². The summed E-state index contributed by atoms with van der Waals surface area (Å²) in [5, 5.41) is 0. The highest BCUT2D eigenvalue weighted by Crippen LogP contribution is 2.26. The third-order valence-electron chi connectivity index (χ3n) is 7.39. The predicted molar refractivity (Wildman–Crippen MR) is 159 cm³/mol. The molecule has 7 nitrogen and oxygen atoms in total. The first-order chi connectivity index (χ1) is 19.6. The van der Waals surface area contributed by atoms with Gasteiger partial charge in [-0.25, -0.2) is 4.98 Å². The van der Waals surface area contributed by atoms with Crippen molar-refractivity contribution in [2.45, 2.75) is 12.8 Å². The van der Waals surface area contributed by atoms with Gasteiger partial charge in [-0.15, -0.1) is 0 Å². The Bertz CT molecular complexity index is 1610. The van der Waals surface area contributed by atoms with Gasteiger partial charge < -0.3 is 14.5 Å². The fraction of sp³-hybridized carbons (Fsp3) is 0.212. The number of ketones is 1. The van der Waals surface area contributed by atoms with Crippen LogP contribution in [0.1, 0.15) is 11.1 Å². The van der Waals surface area contributed by atoms with Gasteiger partial charge in [-0.05, 0) is 58.7 Å². The first kappa shape index (κ1) is 25.5. The number of carbonyl (C=O) groups is 1. The van der Waals surface area contributed by atoms with Crippen LogP contribution in [0.2, 0.25) is 0 Å². The second-order valence-corrected chi connectivity index (χ2v) is 10.1. The molecule has 7 heteroatoms.